The number of rotatable bonds is 9. The molecule has 8 nitrogen and oxygen atoms in total. The Hall–Kier alpha value is -4.89. The summed E-state index contributed by atoms with van der Waals surface area (Å²) in [6.07, 6.45) is 0.420. The minimum absolute atomic E-state index is 0.164. The molecule has 4 aromatic carbocycles. The fourth-order valence-electron chi connectivity index (χ4n) is 4.48. The summed E-state index contributed by atoms with van der Waals surface area (Å²) in [4.78, 5) is 35.1. The molecule has 0 fully saturated rings. The molecule has 0 aliphatic rings. The topological polar surface area (TPSA) is 116 Å². The second-order valence-corrected chi connectivity index (χ2v) is 11.3. The Morgan fingerprint density at radius 3 is 2.31 bits per heavy atom. The van der Waals surface area contributed by atoms with E-state index >= 15 is 0 Å². The van der Waals surface area contributed by atoms with Crippen molar-refractivity contribution in [2.24, 2.45) is 0 Å². The molecule has 0 bridgehead atoms. The molecule has 1 aromatic heterocycles. The van der Waals surface area contributed by atoms with Crippen molar-refractivity contribution < 1.29 is 14.7 Å². The highest BCUT2D eigenvalue weighted by molar-refractivity contribution is 7.99. The van der Waals surface area contributed by atoms with Crippen LogP contribution in [0.25, 0.3) is 10.9 Å². The zero-order chi connectivity index (χ0) is 29.6. The van der Waals surface area contributed by atoms with Crippen molar-refractivity contribution in [2.75, 3.05) is 10.6 Å². The van der Waals surface area contributed by atoms with Gasteiger partial charge in [0.1, 0.15) is 12.1 Å². The molecule has 0 aliphatic heterocycles. The number of anilines is 3. The van der Waals surface area contributed by atoms with Gasteiger partial charge in [0.2, 0.25) is 0 Å². The molecule has 0 aliphatic carbocycles. The predicted octanol–water partition coefficient (Wildman–Crippen LogP) is 8.23. The summed E-state index contributed by atoms with van der Waals surface area (Å²) in [5, 5.41) is 18.8. The molecule has 1 heterocycles. The first kappa shape index (κ1) is 28.6. The number of hydrogen-bond donors (Lipinski definition) is 4. The van der Waals surface area contributed by atoms with E-state index in [1.54, 1.807) is 18.2 Å². The molecular formula is C33H31N5O3S. The quantitative estimate of drug-likeness (QED) is 0.139. The van der Waals surface area contributed by atoms with Gasteiger partial charge in [-0.15, -0.1) is 0 Å². The van der Waals surface area contributed by atoms with E-state index in [0.717, 1.165) is 26.3 Å². The molecule has 42 heavy (non-hydrogen) atoms. The van der Waals surface area contributed by atoms with Gasteiger partial charge in [-0.25, -0.2) is 14.8 Å². The van der Waals surface area contributed by atoms with Crippen LogP contribution in [0.1, 0.15) is 54.2 Å². The van der Waals surface area contributed by atoms with Crippen molar-refractivity contribution in [3.8, 4) is 0 Å². The maximum Gasteiger partial charge on any atom is 0.409 e. The minimum Gasteiger partial charge on any atom is -0.465 e. The van der Waals surface area contributed by atoms with Crippen LogP contribution in [-0.2, 0) is 0 Å². The maximum absolute atomic E-state index is 13.3. The molecule has 5 rings (SSSR count). The molecule has 0 radical (unpaired) electrons. The Morgan fingerprint density at radius 2 is 1.60 bits per heavy atom. The normalized spacial score (nSPS) is 11.7. The van der Waals surface area contributed by atoms with Gasteiger partial charge in [-0.05, 0) is 78.6 Å². The lowest BCUT2D eigenvalue weighted by molar-refractivity contribution is 0.0939. The van der Waals surface area contributed by atoms with Gasteiger partial charge in [0.05, 0.1) is 17.2 Å². The number of carbonyl (C=O) groups excluding carboxylic acids is 1. The summed E-state index contributed by atoms with van der Waals surface area (Å²) in [5.74, 6) is 0.812. The van der Waals surface area contributed by atoms with Gasteiger partial charge in [-0.3, -0.25) is 10.1 Å². The lowest BCUT2D eigenvalue weighted by Crippen LogP contribution is -2.26. The van der Waals surface area contributed by atoms with Crippen molar-refractivity contribution in [2.45, 2.75) is 42.5 Å². The molecule has 2 amide bonds. The zero-order valence-electron chi connectivity index (χ0n) is 23.5. The van der Waals surface area contributed by atoms with Crippen molar-refractivity contribution >= 4 is 51.9 Å². The largest absolute Gasteiger partial charge is 0.465 e. The average molecular weight is 578 g/mol. The molecule has 1 unspecified atom stereocenters. The monoisotopic (exact) mass is 577 g/mol. The van der Waals surface area contributed by atoms with Gasteiger partial charge in [0.15, 0.2) is 0 Å². The van der Waals surface area contributed by atoms with Gasteiger partial charge in [-0.1, -0.05) is 62.0 Å². The average Bonchev–Trinajstić information content (AvgIpc) is 2.99. The first-order valence-electron chi connectivity index (χ1n) is 13.6. The summed E-state index contributed by atoms with van der Waals surface area (Å²) in [6.45, 7) is 6.24. The number of carbonyl (C=O) groups is 2. The number of hydrogen-bond acceptors (Lipinski definition) is 6. The van der Waals surface area contributed by atoms with Gasteiger partial charge >= 0.3 is 6.09 Å². The van der Waals surface area contributed by atoms with Crippen LogP contribution in [0.2, 0.25) is 0 Å². The minimum atomic E-state index is -1.12. The fraction of sp³-hybridized carbons (Fsp3) is 0.152. The second-order valence-electron chi connectivity index (χ2n) is 10.2. The van der Waals surface area contributed by atoms with E-state index in [-0.39, 0.29) is 11.9 Å². The zero-order valence-corrected chi connectivity index (χ0v) is 24.3. The second kappa shape index (κ2) is 12.7. The smallest absolute Gasteiger partial charge is 0.409 e. The molecule has 0 saturated heterocycles. The number of carboxylic acid groups (broad SMARTS) is 1. The summed E-state index contributed by atoms with van der Waals surface area (Å²) in [7, 11) is 0. The molecule has 0 spiro atoms. The molecule has 0 saturated carbocycles. The van der Waals surface area contributed by atoms with E-state index in [2.05, 4.69) is 51.9 Å². The van der Waals surface area contributed by atoms with Crippen LogP contribution in [0, 0.1) is 0 Å². The van der Waals surface area contributed by atoms with Gasteiger partial charge in [0, 0.05) is 26.4 Å². The number of nitrogens with one attached hydrogen (secondary N) is 3. The Labute approximate surface area is 248 Å². The molecule has 5 aromatic rings. The van der Waals surface area contributed by atoms with Crippen LogP contribution in [0.3, 0.4) is 0 Å². The first-order chi connectivity index (χ1) is 20.3. The Kier molecular flexibility index (Phi) is 8.68. The van der Waals surface area contributed by atoms with Crippen molar-refractivity contribution in [3.63, 3.8) is 0 Å². The molecule has 4 N–H and O–H groups in total. The SMILES string of the molecule is CC(C)c1ccc2c(Nc3cc(C(=O)NC(C)c4ccccc4)ccc3Sc3ccc(NC(=O)O)cc3)ncnc2c1. The van der Waals surface area contributed by atoms with Gasteiger partial charge in [-0.2, -0.15) is 0 Å². The Bertz CT molecular complexity index is 1730. The van der Waals surface area contributed by atoms with Gasteiger partial charge < -0.3 is 15.7 Å². The highest BCUT2D eigenvalue weighted by Crippen LogP contribution is 2.37. The molecular weight excluding hydrogens is 546 g/mol. The van der Waals surface area contributed by atoms with Gasteiger partial charge in [0.25, 0.3) is 5.91 Å². The lowest BCUT2D eigenvalue weighted by Gasteiger charge is -2.17. The number of aromatic nitrogens is 2. The van der Waals surface area contributed by atoms with Crippen LogP contribution in [-0.4, -0.2) is 27.1 Å². The predicted molar refractivity (Wildman–Crippen MR) is 168 cm³/mol. The third kappa shape index (κ3) is 6.87. The van der Waals surface area contributed by atoms with Crippen molar-refractivity contribution in [3.05, 3.63) is 114 Å². The Morgan fingerprint density at radius 1 is 0.833 bits per heavy atom. The highest BCUT2D eigenvalue weighted by atomic mass is 32.2. The van der Waals surface area contributed by atoms with E-state index in [4.69, 9.17) is 5.11 Å². The number of benzene rings is 4. The molecule has 1 atom stereocenters. The number of amides is 2. The van der Waals surface area contributed by atoms with E-state index in [1.807, 2.05) is 67.6 Å². The summed E-state index contributed by atoms with van der Waals surface area (Å²) in [5.41, 5.74) is 4.74. The highest BCUT2D eigenvalue weighted by Gasteiger charge is 2.16. The van der Waals surface area contributed by atoms with Crippen LogP contribution in [0.4, 0.5) is 22.0 Å². The Balaban J connectivity index is 1.48. The third-order valence-electron chi connectivity index (χ3n) is 6.80. The summed E-state index contributed by atoms with van der Waals surface area (Å²) < 4.78 is 0. The van der Waals surface area contributed by atoms with Crippen LogP contribution >= 0.6 is 11.8 Å². The van der Waals surface area contributed by atoms with Crippen LogP contribution in [0.5, 0.6) is 0 Å². The number of fused-ring (bicyclic) bond motifs is 1. The van der Waals surface area contributed by atoms with Crippen molar-refractivity contribution in [1.82, 2.24) is 15.3 Å². The lowest BCUT2D eigenvalue weighted by atomic mass is 10.0. The number of nitrogens with zero attached hydrogens (tertiary/aromatic N) is 2. The summed E-state index contributed by atoms with van der Waals surface area (Å²) >= 11 is 1.49. The fourth-order valence-corrected chi connectivity index (χ4v) is 5.36. The van der Waals surface area contributed by atoms with Crippen LogP contribution < -0.4 is 16.0 Å². The maximum atomic E-state index is 13.3. The third-order valence-corrected chi connectivity index (χ3v) is 7.89. The molecule has 9 heteroatoms. The van der Waals surface area contributed by atoms with E-state index in [1.165, 1.54) is 23.7 Å². The van der Waals surface area contributed by atoms with Crippen molar-refractivity contribution in [1.29, 1.82) is 0 Å². The van der Waals surface area contributed by atoms with E-state index in [0.29, 0.717) is 28.7 Å². The first-order valence-corrected chi connectivity index (χ1v) is 14.4. The van der Waals surface area contributed by atoms with Crippen LogP contribution in [0.15, 0.2) is 107 Å². The standard InChI is InChI=1S/C33H31N5O3S/c1-20(2)23-9-15-27-28(17-23)34-19-35-31(27)38-29-18-24(32(39)36-21(3)22-7-5-4-6-8-22)10-16-30(29)42-26-13-11-25(12-14-26)37-33(40)41/h4-21,37H,1-3H3,(H,36,39)(H,40,41)(H,34,35,38). The van der Waals surface area contributed by atoms with E-state index < -0.39 is 6.09 Å². The van der Waals surface area contributed by atoms with E-state index in [9.17, 15) is 9.59 Å². The molecule has 212 valence electrons. The summed E-state index contributed by atoms with van der Waals surface area (Å²) in [6, 6.07) is 28.5.